The largest absolute Gasteiger partial charge is 0.204 e. The predicted octanol–water partition coefficient (Wildman–Crippen LogP) is 4.46. The number of hydrogen-bond donors (Lipinski definition) is 0. The Kier molecular flexibility index (Phi) is 6.22. The Morgan fingerprint density at radius 1 is 0.314 bits per heavy atom. The van der Waals surface area contributed by atoms with Crippen molar-refractivity contribution in [3.63, 3.8) is 0 Å². The molecule has 0 bridgehead atoms. The average molecular weight is 516 g/mol. The number of hydrogen-bond acceptors (Lipinski definition) is 0. The van der Waals surface area contributed by atoms with E-state index in [2.05, 4.69) is 0 Å². The Bertz CT molecular complexity index is 1270. The van der Waals surface area contributed by atoms with Crippen LogP contribution >= 0.6 is 0 Å². The van der Waals surface area contributed by atoms with Gasteiger partial charge in [0, 0.05) is 10.4 Å². The lowest BCUT2D eigenvalue weighted by Crippen LogP contribution is -2.78. The summed E-state index contributed by atoms with van der Waals surface area (Å²) in [7, 11) is -5.44. The lowest BCUT2D eigenvalue weighted by molar-refractivity contribution is 0.382. The molecule has 0 N–H and O–H groups in total. The molecule has 0 saturated carbocycles. The highest BCUT2D eigenvalue weighted by Gasteiger charge is 2.52. The van der Waals surface area contributed by atoms with Crippen LogP contribution in [0.4, 0.5) is 43.9 Å². The van der Waals surface area contributed by atoms with E-state index in [1.807, 2.05) is 0 Å². The van der Waals surface area contributed by atoms with Crippen LogP contribution in [0.2, 0.25) is 0 Å². The fourth-order valence-corrected chi connectivity index (χ4v) is 8.99. The Labute approximate surface area is 192 Å². The van der Waals surface area contributed by atoms with E-state index in [-0.39, 0.29) is 0 Å². The number of rotatable bonds is 4. The molecule has 4 aromatic carbocycles. The van der Waals surface area contributed by atoms with Crippen LogP contribution in [0.3, 0.4) is 0 Å². The third-order valence-electron chi connectivity index (χ3n) is 5.58. The molecule has 4 aromatic rings. The van der Waals surface area contributed by atoms with Crippen molar-refractivity contribution in [1.29, 1.82) is 0 Å². The topological polar surface area (TPSA) is 0 Å². The molecular formula is C24H10F10Si. The van der Waals surface area contributed by atoms with Crippen LogP contribution in [-0.2, 0) is 0 Å². The highest BCUT2D eigenvalue weighted by molar-refractivity contribution is 7.20. The van der Waals surface area contributed by atoms with E-state index in [9.17, 15) is 26.3 Å². The van der Waals surface area contributed by atoms with Crippen molar-refractivity contribution >= 4 is 28.8 Å². The summed E-state index contributed by atoms with van der Waals surface area (Å²) < 4.78 is 147. The summed E-state index contributed by atoms with van der Waals surface area (Å²) in [5.74, 6) is -24.7. The Balaban J connectivity index is 2.41. The third-order valence-corrected chi connectivity index (χ3v) is 10.4. The van der Waals surface area contributed by atoms with Gasteiger partial charge in [-0.15, -0.1) is 0 Å². The average Bonchev–Trinajstić information content (AvgIpc) is 2.88. The summed E-state index contributed by atoms with van der Waals surface area (Å²) in [6.45, 7) is 0. The molecule has 0 saturated heterocycles. The second kappa shape index (κ2) is 8.88. The highest BCUT2D eigenvalue weighted by Crippen LogP contribution is 2.25. The summed E-state index contributed by atoms with van der Waals surface area (Å²) in [6.07, 6.45) is 0. The van der Waals surface area contributed by atoms with Gasteiger partial charge in [0.15, 0.2) is 54.6 Å². The molecule has 180 valence electrons. The Morgan fingerprint density at radius 2 is 0.543 bits per heavy atom. The second-order valence-electron chi connectivity index (χ2n) is 7.37. The molecule has 0 aliphatic heterocycles. The van der Waals surface area contributed by atoms with Crippen molar-refractivity contribution in [2.75, 3.05) is 0 Å². The van der Waals surface area contributed by atoms with Crippen molar-refractivity contribution in [2.24, 2.45) is 0 Å². The summed E-state index contributed by atoms with van der Waals surface area (Å²) in [6, 6.07) is 11.8. The summed E-state index contributed by atoms with van der Waals surface area (Å²) in [5.41, 5.74) is 0. The quantitative estimate of drug-likeness (QED) is 0.124. The Hall–Kier alpha value is -3.60. The minimum absolute atomic E-state index is 0.405. The van der Waals surface area contributed by atoms with Gasteiger partial charge in [-0.05, 0) is 10.4 Å². The Morgan fingerprint density at radius 3 is 0.800 bits per heavy atom. The molecule has 0 aromatic heterocycles. The van der Waals surface area contributed by atoms with Crippen LogP contribution < -0.4 is 20.7 Å². The SMILES string of the molecule is Fc1c(F)c(F)c([Si](c2ccccc2)(c2ccccc2)c2c(F)c(F)c(F)c(F)c2F)c(F)c1F. The molecule has 0 atom stereocenters. The molecule has 0 spiro atoms. The van der Waals surface area contributed by atoms with Crippen LogP contribution in [0.25, 0.3) is 0 Å². The van der Waals surface area contributed by atoms with E-state index >= 15 is 17.6 Å². The molecule has 0 unspecified atom stereocenters. The molecule has 11 heteroatoms. The van der Waals surface area contributed by atoms with E-state index in [1.165, 1.54) is 36.4 Å². The van der Waals surface area contributed by atoms with Gasteiger partial charge in [0.2, 0.25) is 11.6 Å². The third kappa shape index (κ3) is 3.44. The molecule has 0 fully saturated rings. The smallest absolute Gasteiger partial charge is 0.200 e. The van der Waals surface area contributed by atoms with Crippen LogP contribution in [0, 0.1) is 58.2 Å². The summed E-state index contributed by atoms with van der Waals surface area (Å²) in [5, 5.41) is -4.18. The van der Waals surface area contributed by atoms with Crippen molar-refractivity contribution in [3.8, 4) is 0 Å². The molecule has 0 nitrogen and oxygen atoms in total. The van der Waals surface area contributed by atoms with Gasteiger partial charge < -0.3 is 0 Å². The van der Waals surface area contributed by atoms with Gasteiger partial charge in [0.25, 0.3) is 0 Å². The molecule has 0 radical (unpaired) electrons. The first kappa shape index (κ1) is 24.5. The van der Waals surface area contributed by atoms with E-state index in [1.54, 1.807) is 0 Å². The zero-order valence-corrected chi connectivity index (χ0v) is 18.1. The summed E-state index contributed by atoms with van der Waals surface area (Å²) >= 11 is 0. The molecule has 0 aliphatic carbocycles. The first-order valence-electron chi connectivity index (χ1n) is 9.71. The van der Waals surface area contributed by atoms with Crippen molar-refractivity contribution in [1.82, 2.24) is 0 Å². The molecule has 4 rings (SSSR count). The minimum atomic E-state index is -5.44. The molecule has 0 aliphatic rings. The van der Waals surface area contributed by atoms with Gasteiger partial charge in [-0.3, -0.25) is 0 Å². The first-order chi connectivity index (χ1) is 16.6. The van der Waals surface area contributed by atoms with E-state index in [0.29, 0.717) is 0 Å². The fraction of sp³-hybridized carbons (Fsp3) is 0. The maximum Gasteiger partial charge on any atom is 0.200 e. The van der Waals surface area contributed by atoms with Gasteiger partial charge in [0.05, 0.1) is 0 Å². The van der Waals surface area contributed by atoms with Gasteiger partial charge in [0.1, 0.15) is 0 Å². The van der Waals surface area contributed by atoms with E-state index in [4.69, 9.17) is 0 Å². The van der Waals surface area contributed by atoms with Gasteiger partial charge in [-0.1, -0.05) is 60.7 Å². The van der Waals surface area contributed by atoms with Crippen LogP contribution in [0.5, 0.6) is 0 Å². The van der Waals surface area contributed by atoms with Crippen LogP contribution in [0.1, 0.15) is 0 Å². The predicted molar refractivity (Wildman–Crippen MR) is 110 cm³/mol. The number of halogens is 10. The number of benzene rings is 4. The van der Waals surface area contributed by atoms with Crippen molar-refractivity contribution in [2.45, 2.75) is 0 Å². The normalized spacial score (nSPS) is 11.7. The van der Waals surface area contributed by atoms with Crippen LogP contribution in [0.15, 0.2) is 60.7 Å². The molecule has 0 heterocycles. The van der Waals surface area contributed by atoms with E-state index in [0.717, 1.165) is 24.3 Å². The monoisotopic (exact) mass is 516 g/mol. The van der Waals surface area contributed by atoms with Crippen molar-refractivity contribution in [3.05, 3.63) is 119 Å². The lowest BCUT2D eigenvalue weighted by atomic mass is 10.3. The van der Waals surface area contributed by atoms with Crippen molar-refractivity contribution < 1.29 is 43.9 Å². The van der Waals surface area contributed by atoms with Crippen LogP contribution in [-0.4, -0.2) is 8.07 Å². The van der Waals surface area contributed by atoms with Gasteiger partial charge >= 0.3 is 0 Å². The first-order valence-corrected chi connectivity index (χ1v) is 11.7. The lowest BCUT2D eigenvalue weighted by Gasteiger charge is -2.35. The summed E-state index contributed by atoms with van der Waals surface area (Å²) in [4.78, 5) is 0. The highest BCUT2D eigenvalue weighted by atomic mass is 28.3. The van der Waals surface area contributed by atoms with E-state index < -0.39 is 87.0 Å². The minimum Gasteiger partial charge on any atom is -0.204 e. The zero-order chi connectivity index (χ0) is 25.7. The zero-order valence-electron chi connectivity index (χ0n) is 17.1. The molecule has 0 amide bonds. The molecular weight excluding hydrogens is 506 g/mol. The fourth-order valence-electron chi connectivity index (χ4n) is 4.11. The second-order valence-corrected chi connectivity index (χ2v) is 11.0. The standard InChI is InChI=1S/C24H10F10Si/c25-13-15(27)19(31)23(20(32)16(13)28)35(11-7-3-1-4-8-11,12-9-5-2-6-10-12)24-21(33)17(29)14(26)18(30)22(24)34/h1-10H. The van der Waals surface area contributed by atoms with Gasteiger partial charge in [-0.25, -0.2) is 43.9 Å². The van der Waals surface area contributed by atoms with Gasteiger partial charge in [-0.2, -0.15) is 0 Å². The maximum atomic E-state index is 15.3. The maximum absolute atomic E-state index is 15.3. The molecule has 35 heavy (non-hydrogen) atoms.